The lowest BCUT2D eigenvalue weighted by Crippen LogP contribution is -2.46. The molecule has 126 valence electrons. The summed E-state index contributed by atoms with van der Waals surface area (Å²) < 4.78 is 5.08. The minimum atomic E-state index is -0.243. The highest BCUT2D eigenvalue weighted by atomic mass is 16.5. The lowest BCUT2D eigenvalue weighted by atomic mass is 9.72. The third-order valence-corrected chi connectivity index (χ3v) is 5.27. The molecular weight excluding hydrogens is 288 g/mol. The lowest BCUT2D eigenvalue weighted by Gasteiger charge is -2.42. The highest BCUT2D eigenvalue weighted by Crippen LogP contribution is 2.36. The van der Waals surface area contributed by atoms with Gasteiger partial charge in [0.1, 0.15) is 0 Å². The van der Waals surface area contributed by atoms with Crippen LogP contribution >= 0.6 is 0 Å². The van der Waals surface area contributed by atoms with Crippen LogP contribution < -0.4 is 10.6 Å². The minimum Gasteiger partial charge on any atom is -0.462 e. The first-order valence-corrected chi connectivity index (χ1v) is 8.92. The van der Waals surface area contributed by atoms with Crippen LogP contribution in [0.4, 0.5) is 5.69 Å². The molecule has 2 aliphatic rings. The van der Waals surface area contributed by atoms with Crippen molar-refractivity contribution in [3.05, 3.63) is 29.8 Å². The Hall–Kier alpha value is -1.55. The third kappa shape index (κ3) is 4.05. The molecule has 1 aliphatic carbocycles. The molecule has 1 aromatic carbocycles. The molecule has 1 heterocycles. The van der Waals surface area contributed by atoms with Crippen molar-refractivity contribution in [2.24, 2.45) is 11.8 Å². The van der Waals surface area contributed by atoms with Gasteiger partial charge in [0.15, 0.2) is 0 Å². The monoisotopic (exact) mass is 316 g/mol. The molecule has 0 amide bonds. The van der Waals surface area contributed by atoms with E-state index in [1.54, 1.807) is 0 Å². The fourth-order valence-electron chi connectivity index (χ4n) is 4.09. The Morgan fingerprint density at radius 2 is 2.17 bits per heavy atom. The maximum absolute atomic E-state index is 11.9. The standard InChI is InChI=1S/C19H28N2O2/c1-3-23-19(22)14-5-4-6-17(10-14)21-18-8-7-15-12-20-13(2)9-16(15)11-18/h4-6,10,13,15-16,18,20-21H,3,7-9,11-12H2,1-2H3/t13-,15+,16+,18+/m1/s1. The number of hydrogen-bond donors (Lipinski definition) is 2. The summed E-state index contributed by atoms with van der Waals surface area (Å²) in [7, 11) is 0. The van der Waals surface area contributed by atoms with Crippen molar-refractivity contribution < 1.29 is 9.53 Å². The summed E-state index contributed by atoms with van der Waals surface area (Å²) >= 11 is 0. The van der Waals surface area contributed by atoms with Crippen molar-refractivity contribution in [2.75, 3.05) is 18.5 Å². The number of piperidine rings is 1. The molecule has 2 N–H and O–H groups in total. The number of rotatable bonds is 4. The summed E-state index contributed by atoms with van der Waals surface area (Å²) in [5, 5.41) is 7.24. The predicted molar refractivity (Wildman–Crippen MR) is 92.7 cm³/mol. The first-order chi connectivity index (χ1) is 11.2. The fraction of sp³-hybridized carbons (Fsp3) is 0.632. The predicted octanol–water partition coefficient (Wildman–Crippen LogP) is 3.44. The summed E-state index contributed by atoms with van der Waals surface area (Å²) in [5.74, 6) is 1.42. The van der Waals surface area contributed by atoms with Gasteiger partial charge in [0.25, 0.3) is 0 Å². The second-order valence-corrected chi connectivity index (χ2v) is 7.02. The topological polar surface area (TPSA) is 50.4 Å². The molecule has 1 aromatic rings. The Labute approximate surface area is 139 Å². The number of fused-ring (bicyclic) bond motifs is 1. The van der Waals surface area contributed by atoms with E-state index in [0.29, 0.717) is 24.3 Å². The SMILES string of the molecule is CCOC(=O)c1cccc(N[C@H]2CC[C@H]3CN[C@H](C)C[C@H]3C2)c1. The summed E-state index contributed by atoms with van der Waals surface area (Å²) in [6.45, 7) is 5.71. The number of nitrogens with one attached hydrogen (secondary N) is 2. The normalized spacial score (nSPS) is 30.3. The van der Waals surface area contributed by atoms with Gasteiger partial charge in [-0.1, -0.05) is 6.07 Å². The van der Waals surface area contributed by atoms with Crippen LogP contribution in [-0.4, -0.2) is 31.2 Å². The van der Waals surface area contributed by atoms with Gasteiger partial charge in [-0.25, -0.2) is 4.79 Å². The van der Waals surface area contributed by atoms with Gasteiger partial charge in [-0.2, -0.15) is 0 Å². The Bertz CT molecular complexity index is 546. The van der Waals surface area contributed by atoms with E-state index in [0.717, 1.165) is 17.5 Å². The maximum atomic E-state index is 11.9. The van der Waals surface area contributed by atoms with Crippen molar-refractivity contribution >= 4 is 11.7 Å². The Morgan fingerprint density at radius 3 is 3.00 bits per heavy atom. The second kappa shape index (κ2) is 7.35. The van der Waals surface area contributed by atoms with Crippen molar-refractivity contribution in [3.8, 4) is 0 Å². The van der Waals surface area contributed by atoms with Gasteiger partial charge in [0.2, 0.25) is 0 Å². The number of ether oxygens (including phenoxy) is 1. The number of esters is 1. The zero-order valence-electron chi connectivity index (χ0n) is 14.2. The number of hydrogen-bond acceptors (Lipinski definition) is 4. The van der Waals surface area contributed by atoms with Crippen molar-refractivity contribution in [1.82, 2.24) is 5.32 Å². The summed E-state index contributed by atoms with van der Waals surface area (Å²) in [4.78, 5) is 11.9. The van der Waals surface area contributed by atoms with Gasteiger partial charge in [-0.3, -0.25) is 0 Å². The smallest absolute Gasteiger partial charge is 0.338 e. The first kappa shape index (κ1) is 16.3. The Balaban J connectivity index is 1.61. The van der Waals surface area contributed by atoms with E-state index in [9.17, 15) is 4.79 Å². The molecule has 23 heavy (non-hydrogen) atoms. The van der Waals surface area contributed by atoms with Crippen molar-refractivity contribution in [1.29, 1.82) is 0 Å². The number of benzene rings is 1. The Morgan fingerprint density at radius 1 is 1.30 bits per heavy atom. The third-order valence-electron chi connectivity index (χ3n) is 5.27. The van der Waals surface area contributed by atoms with E-state index in [1.807, 2.05) is 31.2 Å². The fourth-order valence-corrected chi connectivity index (χ4v) is 4.09. The number of anilines is 1. The van der Waals surface area contributed by atoms with Gasteiger partial charge in [-0.15, -0.1) is 0 Å². The van der Waals surface area contributed by atoms with Crippen LogP contribution in [0.2, 0.25) is 0 Å². The van der Waals surface area contributed by atoms with Crippen LogP contribution in [-0.2, 0) is 4.74 Å². The van der Waals surface area contributed by atoms with E-state index in [1.165, 1.54) is 32.2 Å². The van der Waals surface area contributed by atoms with Crippen LogP contribution in [0.15, 0.2) is 24.3 Å². The molecule has 1 saturated carbocycles. The van der Waals surface area contributed by atoms with E-state index >= 15 is 0 Å². The average Bonchev–Trinajstić information content (AvgIpc) is 2.55. The van der Waals surface area contributed by atoms with Crippen LogP contribution in [0.3, 0.4) is 0 Å². The molecule has 0 unspecified atom stereocenters. The van der Waals surface area contributed by atoms with Gasteiger partial charge >= 0.3 is 5.97 Å². The van der Waals surface area contributed by atoms with Crippen LogP contribution in [0.5, 0.6) is 0 Å². The largest absolute Gasteiger partial charge is 0.462 e. The summed E-state index contributed by atoms with van der Waals surface area (Å²) in [6.07, 6.45) is 5.02. The molecule has 1 saturated heterocycles. The summed E-state index contributed by atoms with van der Waals surface area (Å²) in [6, 6.07) is 8.84. The quantitative estimate of drug-likeness (QED) is 0.836. The first-order valence-electron chi connectivity index (χ1n) is 8.92. The second-order valence-electron chi connectivity index (χ2n) is 7.02. The molecule has 2 fully saturated rings. The molecule has 0 bridgehead atoms. The number of carbonyl (C=O) groups excluding carboxylic acids is 1. The molecule has 1 aliphatic heterocycles. The van der Waals surface area contributed by atoms with E-state index in [-0.39, 0.29) is 5.97 Å². The lowest BCUT2D eigenvalue weighted by molar-refractivity contribution is 0.0526. The van der Waals surface area contributed by atoms with E-state index < -0.39 is 0 Å². The van der Waals surface area contributed by atoms with Gasteiger partial charge < -0.3 is 15.4 Å². The van der Waals surface area contributed by atoms with Crippen molar-refractivity contribution in [3.63, 3.8) is 0 Å². The van der Waals surface area contributed by atoms with E-state index in [2.05, 4.69) is 17.6 Å². The van der Waals surface area contributed by atoms with E-state index in [4.69, 9.17) is 4.74 Å². The average molecular weight is 316 g/mol. The molecule has 0 spiro atoms. The molecule has 4 nitrogen and oxygen atoms in total. The van der Waals surface area contributed by atoms with Crippen molar-refractivity contribution in [2.45, 2.75) is 51.6 Å². The minimum absolute atomic E-state index is 0.243. The van der Waals surface area contributed by atoms with Gasteiger partial charge in [-0.05, 0) is 76.1 Å². The van der Waals surface area contributed by atoms with Crippen LogP contribution in [0.1, 0.15) is 49.9 Å². The Kier molecular flexibility index (Phi) is 5.21. The molecule has 3 rings (SSSR count). The van der Waals surface area contributed by atoms with Gasteiger partial charge in [0.05, 0.1) is 12.2 Å². The molecular formula is C19H28N2O2. The van der Waals surface area contributed by atoms with Crippen LogP contribution in [0.25, 0.3) is 0 Å². The number of carbonyl (C=O) groups is 1. The maximum Gasteiger partial charge on any atom is 0.338 e. The van der Waals surface area contributed by atoms with Crippen LogP contribution in [0, 0.1) is 11.8 Å². The molecule has 0 radical (unpaired) electrons. The highest BCUT2D eigenvalue weighted by molar-refractivity contribution is 5.90. The molecule has 4 heteroatoms. The molecule has 0 aromatic heterocycles. The molecule has 4 atom stereocenters. The summed E-state index contributed by atoms with van der Waals surface area (Å²) in [5.41, 5.74) is 1.65. The zero-order chi connectivity index (χ0) is 16.2. The zero-order valence-corrected chi connectivity index (χ0v) is 14.2. The van der Waals surface area contributed by atoms with Gasteiger partial charge in [0, 0.05) is 17.8 Å². The highest BCUT2D eigenvalue weighted by Gasteiger charge is 2.34.